The molecule has 3 aliphatic rings. The fourth-order valence-electron chi connectivity index (χ4n) is 3.79. The van der Waals surface area contributed by atoms with Gasteiger partial charge in [0.15, 0.2) is 0 Å². The Kier molecular flexibility index (Phi) is 2.94. The van der Waals surface area contributed by atoms with Crippen LogP contribution in [0.3, 0.4) is 0 Å². The van der Waals surface area contributed by atoms with Gasteiger partial charge in [0.05, 0.1) is 18.7 Å². The fraction of sp³-hybridized carbons (Fsp3) is 0.562. The van der Waals surface area contributed by atoms with Crippen LogP contribution in [0.4, 0.5) is 4.79 Å². The number of piperidine rings is 1. The van der Waals surface area contributed by atoms with Gasteiger partial charge >= 0.3 is 6.03 Å². The third kappa shape index (κ3) is 2.03. The quantitative estimate of drug-likeness (QED) is 0.918. The van der Waals surface area contributed by atoms with E-state index in [4.69, 9.17) is 4.84 Å². The number of hydrogen-bond donors (Lipinski definition) is 1. The molecule has 112 valence electrons. The smallest absolute Gasteiger partial charge is 0.344 e. The van der Waals surface area contributed by atoms with Crippen LogP contribution in [0.15, 0.2) is 30.3 Å². The lowest BCUT2D eigenvalue weighted by Crippen LogP contribution is -2.47. The molecule has 0 unspecified atom stereocenters. The molecule has 2 bridgehead atoms. The van der Waals surface area contributed by atoms with E-state index in [2.05, 4.69) is 0 Å². The second kappa shape index (κ2) is 4.71. The summed E-state index contributed by atoms with van der Waals surface area (Å²) in [5.41, 5.74) is 1.25. The van der Waals surface area contributed by atoms with Crippen molar-refractivity contribution in [3.05, 3.63) is 35.9 Å². The first-order valence-corrected chi connectivity index (χ1v) is 7.61. The zero-order valence-electron chi connectivity index (χ0n) is 11.9. The fourth-order valence-corrected chi connectivity index (χ4v) is 3.79. The molecule has 2 saturated heterocycles. The number of fused-ring (bicyclic) bond motifs is 3. The summed E-state index contributed by atoms with van der Waals surface area (Å²) in [6, 6.07) is 9.92. The van der Waals surface area contributed by atoms with E-state index in [0.717, 1.165) is 24.8 Å². The van der Waals surface area contributed by atoms with Crippen molar-refractivity contribution in [2.75, 3.05) is 13.2 Å². The number of benzene rings is 1. The zero-order valence-corrected chi connectivity index (χ0v) is 11.9. The Morgan fingerprint density at radius 1 is 1.29 bits per heavy atom. The summed E-state index contributed by atoms with van der Waals surface area (Å²) in [5.74, 6) is 0. The maximum atomic E-state index is 12.5. The summed E-state index contributed by atoms with van der Waals surface area (Å²) in [6.07, 6.45) is 3.19. The number of rotatable bonds is 4. The molecule has 1 N–H and O–H groups in total. The summed E-state index contributed by atoms with van der Waals surface area (Å²) in [5, 5.41) is 11.1. The summed E-state index contributed by atoms with van der Waals surface area (Å²) >= 11 is 0. The highest BCUT2D eigenvalue weighted by Crippen LogP contribution is 2.59. The number of aliphatic hydroxyl groups is 1. The van der Waals surface area contributed by atoms with Crippen LogP contribution in [0.5, 0.6) is 0 Å². The van der Waals surface area contributed by atoms with Crippen LogP contribution in [0, 0.1) is 5.41 Å². The third-order valence-electron chi connectivity index (χ3n) is 5.19. The van der Waals surface area contributed by atoms with Gasteiger partial charge in [-0.05, 0) is 30.2 Å². The normalized spacial score (nSPS) is 29.3. The van der Waals surface area contributed by atoms with Gasteiger partial charge in [-0.15, -0.1) is 0 Å². The number of hydrogen-bond acceptors (Lipinski definition) is 3. The number of nitrogens with zero attached hydrogens (tertiary/aromatic N) is 2. The highest BCUT2D eigenvalue weighted by atomic mass is 16.7. The monoisotopic (exact) mass is 288 g/mol. The number of carbonyl (C=O) groups is 1. The van der Waals surface area contributed by atoms with Gasteiger partial charge in [-0.2, -0.15) is 5.06 Å². The van der Waals surface area contributed by atoms with Crippen LogP contribution in [-0.4, -0.2) is 46.3 Å². The van der Waals surface area contributed by atoms with Crippen molar-refractivity contribution in [2.45, 2.75) is 38.0 Å². The van der Waals surface area contributed by atoms with E-state index in [9.17, 15) is 9.90 Å². The van der Waals surface area contributed by atoms with Crippen LogP contribution in [0.2, 0.25) is 0 Å². The molecule has 1 spiro atoms. The van der Waals surface area contributed by atoms with Crippen LogP contribution < -0.4 is 0 Å². The molecule has 0 radical (unpaired) electrons. The van der Waals surface area contributed by atoms with Gasteiger partial charge in [0, 0.05) is 6.54 Å². The van der Waals surface area contributed by atoms with Crippen LogP contribution in [-0.2, 0) is 11.4 Å². The van der Waals surface area contributed by atoms with Gasteiger partial charge in [-0.3, -0.25) is 4.84 Å². The third-order valence-corrected chi connectivity index (χ3v) is 5.19. The van der Waals surface area contributed by atoms with Gasteiger partial charge in [-0.25, -0.2) is 4.79 Å². The second-order valence-electron chi connectivity index (χ2n) is 6.44. The van der Waals surface area contributed by atoms with Gasteiger partial charge in [0.1, 0.15) is 6.61 Å². The van der Waals surface area contributed by atoms with E-state index in [1.807, 2.05) is 30.3 Å². The Morgan fingerprint density at radius 3 is 2.71 bits per heavy atom. The number of carbonyl (C=O) groups excluding carboxylic acids is 1. The molecule has 1 aromatic carbocycles. The molecule has 2 amide bonds. The van der Waals surface area contributed by atoms with Crippen LogP contribution in [0.1, 0.15) is 24.8 Å². The molecule has 5 heteroatoms. The predicted molar refractivity (Wildman–Crippen MR) is 76.1 cm³/mol. The molecule has 0 aromatic heterocycles. The Labute approximate surface area is 124 Å². The first kappa shape index (κ1) is 13.1. The second-order valence-corrected chi connectivity index (χ2v) is 6.44. The van der Waals surface area contributed by atoms with Gasteiger partial charge in [0.25, 0.3) is 0 Å². The standard InChI is InChI=1S/C16H20N2O3/c19-10-13-8-16(6-7-16)14-9-17(13)15(20)18(14)21-11-12-4-2-1-3-5-12/h1-5,13-14,19H,6-11H2/t13-,14-/m0/s1. The largest absolute Gasteiger partial charge is 0.394 e. The van der Waals surface area contributed by atoms with Crippen molar-refractivity contribution < 1.29 is 14.7 Å². The van der Waals surface area contributed by atoms with Crippen LogP contribution in [0.25, 0.3) is 0 Å². The Morgan fingerprint density at radius 2 is 2.05 bits per heavy atom. The first-order chi connectivity index (χ1) is 10.2. The molecule has 1 saturated carbocycles. The molecular formula is C16H20N2O3. The minimum absolute atomic E-state index is 0.0402. The van der Waals surface area contributed by atoms with E-state index >= 15 is 0 Å². The summed E-state index contributed by atoms with van der Waals surface area (Å²) in [6.45, 7) is 1.16. The van der Waals surface area contributed by atoms with Crippen molar-refractivity contribution in [3.63, 3.8) is 0 Å². The van der Waals surface area contributed by atoms with E-state index < -0.39 is 0 Å². The van der Waals surface area contributed by atoms with E-state index in [0.29, 0.717) is 13.2 Å². The SMILES string of the molecule is O=C1N2C[C@H](N1OCc1ccccc1)C1(CC1)C[C@H]2CO. The minimum atomic E-state index is -0.0845. The zero-order chi connectivity index (χ0) is 14.4. The van der Waals surface area contributed by atoms with Crippen molar-refractivity contribution in [3.8, 4) is 0 Å². The molecule has 21 heavy (non-hydrogen) atoms. The van der Waals surface area contributed by atoms with E-state index in [1.165, 1.54) is 0 Å². The van der Waals surface area contributed by atoms with Crippen molar-refractivity contribution >= 4 is 6.03 Å². The average Bonchev–Trinajstić information content (AvgIpc) is 3.23. The van der Waals surface area contributed by atoms with Crippen molar-refractivity contribution in [1.29, 1.82) is 0 Å². The lowest BCUT2D eigenvalue weighted by Gasteiger charge is -2.35. The number of aliphatic hydroxyl groups excluding tert-OH is 1. The molecular weight excluding hydrogens is 268 g/mol. The lowest BCUT2D eigenvalue weighted by molar-refractivity contribution is -0.153. The number of urea groups is 1. The highest BCUT2D eigenvalue weighted by Gasteiger charge is 2.62. The summed E-state index contributed by atoms with van der Waals surface area (Å²) < 4.78 is 0. The van der Waals surface area contributed by atoms with Crippen molar-refractivity contribution in [2.24, 2.45) is 5.41 Å². The number of amides is 2. The molecule has 2 aliphatic heterocycles. The summed E-state index contributed by atoms with van der Waals surface area (Å²) in [4.78, 5) is 20.1. The van der Waals surface area contributed by atoms with Crippen LogP contribution >= 0.6 is 0 Å². The minimum Gasteiger partial charge on any atom is -0.394 e. The van der Waals surface area contributed by atoms with E-state index in [1.54, 1.807) is 9.96 Å². The Balaban J connectivity index is 1.52. The molecule has 2 atom stereocenters. The maximum absolute atomic E-state index is 12.5. The predicted octanol–water partition coefficient (Wildman–Crippen LogP) is 1.77. The highest BCUT2D eigenvalue weighted by molar-refractivity contribution is 5.77. The van der Waals surface area contributed by atoms with Gasteiger partial charge in [-0.1, -0.05) is 30.3 Å². The molecule has 2 heterocycles. The first-order valence-electron chi connectivity index (χ1n) is 7.61. The average molecular weight is 288 g/mol. The molecule has 1 aromatic rings. The Bertz CT molecular complexity index is 544. The Hall–Kier alpha value is -1.59. The maximum Gasteiger partial charge on any atom is 0.344 e. The van der Waals surface area contributed by atoms with Crippen molar-refractivity contribution in [1.82, 2.24) is 9.96 Å². The number of hydroxylamine groups is 2. The molecule has 3 fully saturated rings. The molecule has 5 nitrogen and oxygen atoms in total. The van der Waals surface area contributed by atoms with Gasteiger partial charge in [0.2, 0.25) is 0 Å². The van der Waals surface area contributed by atoms with E-state index in [-0.39, 0.29) is 30.1 Å². The summed E-state index contributed by atoms with van der Waals surface area (Å²) in [7, 11) is 0. The lowest BCUT2D eigenvalue weighted by atomic mass is 9.85. The molecule has 1 aliphatic carbocycles. The van der Waals surface area contributed by atoms with Gasteiger partial charge < -0.3 is 10.0 Å². The molecule has 4 rings (SSSR count). The topological polar surface area (TPSA) is 53.0 Å².